The normalized spacial score (nSPS) is 20.1. The fraction of sp³-hybridized carbons (Fsp3) is 0.473. The Kier molecular flexibility index (Phi) is 28.7. The predicted octanol–water partition coefficient (Wildman–Crippen LogP) is 3.26. The van der Waals surface area contributed by atoms with E-state index in [-0.39, 0.29) is 144 Å². The zero-order chi connectivity index (χ0) is 75.1. The summed E-state index contributed by atoms with van der Waals surface area (Å²) in [5.74, 6) is -7.31. The number of carbonyl (C=O) groups excluding carboxylic acids is 5. The van der Waals surface area contributed by atoms with Gasteiger partial charge in [0.15, 0.2) is 53.0 Å². The number of halogens is 8. The van der Waals surface area contributed by atoms with Crippen LogP contribution in [0.5, 0.6) is 17.2 Å². The van der Waals surface area contributed by atoms with E-state index in [1.807, 2.05) is 11.8 Å². The minimum absolute atomic E-state index is 0. The molecule has 6 unspecified atom stereocenters. The molecule has 5 amide bonds. The number of ether oxygens (including phenoxy) is 5. The van der Waals surface area contributed by atoms with Crippen LogP contribution >= 0.6 is 22.6 Å². The summed E-state index contributed by atoms with van der Waals surface area (Å²) < 4.78 is 122. The zero-order valence-electron chi connectivity index (χ0n) is 59.2. The summed E-state index contributed by atoms with van der Waals surface area (Å²) in [6, 6.07) is 8.94. The molecule has 3 aromatic heterocycles. The monoisotopic (exact) mass is 1620 g/mol. The maximum atomic E-state index is 14.1. The van der Waals surface area contributed by atoms with Crippen molar-refractivity contribution in [2.24, 2.45) is 5.73 Å². The van der Waals surface area contributed by atoms with E-state index < -0.39 is 81.7 Å². The number of hydrogen-bond donors (Lipinski definition) is 4. The van der Waals surface area contributed by atoms with Crippen LogP contribution in [-0.2, 0) is 57.8 Å². The van der Waals surface area contributed by atoms with Gasteiger partial charge in [0, 0.05) is 111 Å². The third kappa shape index (κ3) is 16.8. The average molecular weight is 1620 g/mol. The summed E-state index contributed by atoms with van der Waals surface area (Å²) in [7, 11) is 0. The standard InChI is InChI=1S/C26H29F2N3O5.C22H21F2N3O5.C18H23IN2O4.C7H7F2N.CO.ClH.Li/c1-2-3-11-35-23-21-25(34)30-10-4-5-12-36-26(30)19-9-8-18(31(19)21)20(22(23)32)24(33)29-14-15-6-7-16(27)13-17(15)28;23-12-4-3-11(13(24)9-12)10-25-20(30)16-14-5-6-15-22-26(7-1-2-8-32-22)21(31)17(27(14)15)19(29)18(16)28;1-2-3-9-24-16-14-17(23)20-8-4-5-10-25-18(20)12-7-6-11(21(12)14)13(19)15(16)22;8-6-2-1-5(4-10)7(9)3-6;1-2;;/h6-7,13,19,26H,2-5,8-12,14H2,1H3,(H,29,33);3-4,9,15,22,29H,1-2,5-8,10H2,(H,25,30);12,18H,2-10H2,1H3;1-3H,4,10H2;;1H;/q;;;;;;+1/p-1. The Morgan fingerprint density at radius 3 is 1.30 bits per heavy atom. The molecule has 107 heavy (non-hydrogen) atoms. The molecule has 6 aromatic rings. The largest absolute Gasteiger partial charge is 1.00 e. The van der Waals surface area contributed by atoms with E-state index in [9.17, 15) is 69.8 Å². The van der Waals surface area contributed by atoms with Gasteiger partial charge >= 0.3 is 30.2 Å². The molecule has 24 nitrogen and oxygen atoms in total. The second-order valence-corrected chi connectivity index (χ2v) is 27.5. The van der Waals surface area contributed by atoms with Gasteiger partial charge in [-0.05, 0) is 131 Å². The molecule has 9 aliphatic heterocycles. The maximum Gasteiger partial charge on any atom is 1.00 e. The number of nitrogens with one attached hydrogen (secondary N) is 2. The van der Waals surface area contributed by atoms with Crippen LogP contribution in [0.15, 0.2) is 69.0 Å². The van der Waals surface area contributed by atoms with Crippen molar-refractivity contribution in [3.05, 3.63) is 192 Å². The minimum Gasteiger partial charge on any atom is -1.00 e. The van der Waals surface area contributed by atoms with E-state index in [0.29, 0.717) is 110 Å². The van der Waals surface area contributed by atoms with Gasteiger partial charge in [-0.1, -0.05) is 44.9 Å². The number of unbranched alkanes of at least 4 members (excludes halogenated alkanes) is 2. The summed E-state index contributed by atoms with van der Waals surface area (Å²) in [6.07, 6.45) is 10.9. The maximum absolute atomic E-state index is 14.1. The predicted molar refractivity (Wildman–Crippen MR) is 373 cm³/mol. The molecule has 3 fully saturated rings. The van der Waals surface area contributed by atoms with Gasteiger partial charge in [0.2, 0.25) is 16.3 Å². The van der Waals surface area contributed by atoms with Crippen molar-refractivity contribution < 1.29 is 115 Å². The Bertz CT molecular complexity index is 4570. The minimum atomic E-state index is -0.938. The van der Waals surface area contributed by atoms with Gasteiger partial charge in [-0.15, -0.1) is 0 Å². The number of amides is 5. The molecule has 0 bridgehead atoms. The van der Waals surface area contributed by atoms with Gasteiger partial charge < -0.3 is 86.0 Å². The zero-order valence-corrected chi connectivity index (χ0v) is 62.1. The van der Waals surface area contributed by atoms with Gasteiger partial charge in [0.05, 0.1) is 34.9 Å². The number of rotatable bonds is 15. The Morgan fingerprint density at radius 2 is 0.907 bits per heavy atom. The Hall–Kier alpha value is -7.96. The molecule has 0 aliphatic carbocycles. The van der Waals surface area contributed by atoms with Crippen LogP contribution in [0, 0.1) is 45.1 Å². The van der Waals surface area contributed by atoms with Crippen LogP contribution in [0.3, 0.4) is 0 Å². The van der Waals surface area contributed by atoms with Crippen molar-refractivity contribution >= 4 is 52.1 Å². The number of hydrogen-bond acceptors (Lipinski definition) is 15. The molecule has 5 N–H and O–H groups in total. The van der Waals surface area contributed by atoms with Crippen molar-refractivity contribution in [2.45, 2.75) is 173 Å². The molecule has 6 atom stereocenters. The molecule has 3 saturated heterocycles. The van der Waals surface area contributed by atoms with Crippen LogP contribution in [0.4, 0.5) is 26.3 Å². The molecule has 0 spiro atoms. The second kappa shape index (κ2) is 37.0. The van der Waals surface area contributed by atoms with Crippen LogP contribution in [-0.4, -0.2) is 134 Å². The molecular weight excluding hydrogens is 1540 g/mol. The molecule has 0 saturated carbocycles. The molecule has 15 rings (SSSR count). The van der Waals surface area contributed by atoms with Crippen molar-refractivity contribution in [3.63, 3.8) is 0 Å². The van der Waals surface area contributed by atoms with Crippen LogP contribution in [0.1, 0.15) is 201 Å². The van der Waals surface area contributed by atoms with E-state index in [0.717, 1.165) is 101 Å². The molecule has 12 heterocycles. The first kappa shape index (κ1) is 83.1. The van der Waals surface area contributed by atoms with E-state index in [2.05, 4.69) is 51.4 Å². The first-order valence-corrected chi connectivity index (χ1v) is 36.4. The van der Waals surface area contributed by atoms with Crippen molar-refractivity contribution in [2.75, 3.05) is 52.7 Å². The summed E-state index contributed by atoms with van der Waals surface area (Å²) >= 11 is 2.11. The molecule has 3 aromatic carbocycles. The first-order chi connectivity index (χ1) is 50.7. The fourth-order valence-corrected chi connectivity index (χ4v) is 15.7. The Morgan fingerprint density at radius 1 is 0.551 bits per heavy atom. The first-order valence-electron chi connectivity index (χ1n) is 35.3. The number of fused-ring (bicyclic) bond motifs is 6. The van der Waals surface area contributed by atoms with E-state index in [4.69, 9.17) is 34.1 Å². The topological polar surface area (TPSA) is 297 Å². The van der Waals surface area contributed by atoms with E-state index >= 15 is 0 Å². The fourth-order valence-electron chi connectivity index (χ4n) is 15.0. The Balaban J connectivity index is 0.000000172. The summed E-state index contributed by atoms with van der Waals surface area (Å²) in [6.45, 7) is 12.3. The van der Waals surface area contributed by atoms with Gasteiger partial charge in [0.25, 0.3) is 29.5 Å². The van der Waals surface area contributed by atoms with Gasteiger partial charge in [-0.25, -0.2) is 26.3 Å². The molecule has 0 radical (unpaired) electrons. The van der Waals surface area contributed by atoms with Crippen molar-refractivity contribution in [1.29, 1.82) is 0 Å². The summed E-state index contributed by atoms with van der Waals surface area (Å²) in [4.78, 5) is 111. The summed E-state index contributed by atoms with van der Waals surface area (Å²) in [5.41, 5.74) is 5.80. The summed E-state index contributed by atoms with van der Waals surface area (Å²) in [5, 5.41) is 15.7. The Labute approximate surface area is 643 Å². The molecule has 9 aliphatic rings. The average Bonchev–Trinajstić information content (AvgIpc) is 1.65. The number of aromatic hydroxyl groups is 1. The molecular formula is C74H80ClF6ILiN9O15. The van der Waals surface area contributed by atoms with E-state index in [1.165, 1.54) is 24.3 Å². The quantitative estimate of drug-likeness (QED) is 0.0287. The third-order valence-electron chi connectivity index (χ3n) is 20.0. The van der Waals surface area contributed by atoms with Gasteiger partial charge in [-0.2, -0.15) is 0 Å². The molecule has 568 valence electrons. The smallest absolute Gasteiger partial charge is 1.00 e. The number of nitrogens with two attached hydrogens (primary N) is 1. The number of aromatic nitrogens is 3. The number of benzene rings is 3. The molecule has 33 heteroatoms. The van der Waals surface area contributed by atoms with Crippen LogP contribution in [0.2, 0.25) is 0 Å². The van der Waals surface area contributed by atoms with Crippen molar-refractivity contribution in [1.82, 2.24) is 39.0 Å². The number of nitrogens with zero attached hydrogens (tertiary/aromatic N) is 6. The van der Waals surface area contributed by atoms with Crippen LogP contribution < -0.4 is 73.4 Å². The number of carbonyl (C=O) groups is 5. The van der Waals surface area contributed by atoms with Crippen LogP contribution in [0.25, 0.3) is 0 Å². The number of pyridine rings is 3. The van der Waals surface area contributed by atoms with Gasteiger partial charge in [0.1, 0.15) is 46.0 Å². The SMILES string of the molecule is CCCCOc1c2n3c(c(C(=O)NCc4ccc(F)cc4F)c1=O)CCC3C1OCCCCN1C2=O.CCCCOc1c2n3c(c(I)c1=O)CCC3C1OCCCCN1C2=O.NCc1ccc(F)cc1F.O=C(NCc1ccc(F)cc1F)c1c2n3c(c(O)c1=O)C(=O)N1CCCCOC1C3CC2.[C-]#[O+].[Cl-].[Li+]. The van der Waals surface area contributed by atoms with E-state index in [1.54, 1.807) is 18.9 Å². The van der Waals surface area contributed by atoms with Crippen molar-refractivity contribution in [3.8, 4) is 17.2 Å². The van der Waals surface area contributed by atoms with Gasteiger partial charge in [-0.3, -0.25) is 38.4 Å². The second-order valence-electron chi connectivity index (χ2n) is 26.5. The third-order valence-corrected chi connectivity index (χ3v) is 21.1.